The Morgan fingerprint density at radius 1 is 1.61 bits per heavy atom. The largest absolute Gasteiger partial charge is 0.334 e. The normalized spacial score (nSPS) is 12.0. The Kier molecular flexibility index (Phi) is 3.09. The van der Waals surface area contributed by atoms with Gasteiger partial charge in [0.1, 0.15) is 0 Å². The van der Waals surface area contributed by atoms with E-state index in [2.05, 4.69) is 10.1 Å². The van der Waals surface area contributed by atoms with Gasteiger partial charge in [0, 0.05) is 18.3 Å². The molecule has 0 unspecified atom stereocenters. The van der Waals surface area contributed by atoms with E-state index >= 15 is 0 Å². The third-order valence-corrected chi connectivity index (χ3v) is 2.56. The van der Waals surface area contributed by atoms with E-state index in [9.17, 15) is 13.6 Å². The van der Waals surface area contributed by atoms with E-state index in [1.807, 2.05) is 0 Å². The van der Waals surface area contributed by atoms with E-state index in [1.165, 1.54) is 23.0 Å². The number of hydrogen-bond donors (Lipinski definition) is 1. The van der Waals surface area contributed by atoms with Crippen LogP contribution in [0.4, 0.5) is 8.78 Å². The van der Waals surface area contributed by atoms with Crippen molar-refractivity contribution in [2.75, 3.05) is 0 Å². The van der Waals surface area contributed by atoms with Gasteiger partial charge in [-0.1, -0.05) is 0 Å². The molecule has 2 aromatic heterocycles. The standard InChI is InChI=1S/C10H11F2N5O/c1-2-16-8-7(17(9(11)12)10(16)18)3-6(4-14-8)5-15-13/h3-5,9H,2,13H2,1H3. The van der Waals surface area contributed by atoms with Gasteiger partial charge >= 0.3 is 12.2 Å². The van der Waals surface area contributed by atoms with E-state index in [0.29, 0.717) is 10.1 Å². The van der Waals surface area contributed by atoms with Crippen LogP contribution in [0.25, 0.3) is 11.2 Å². The van der Waals surface area contributed by atoms with Crippen molar-refractivity contribution in [3.05, 3.63) is 28.3 Å². The molecule has 18 heavy (non-hydrogen) atoms. The number of aryl methyl sites for hydroxylation is 1. The first kappa shape index (κ1) is 12.2. The number of fused-ring (bicyclic) bond motifs is 1. The minimum atomic E-state index is -2.92. The second-order valence-corrected chi connectivity index (χ2v) is 3.56. The highest BCUT2D eigenvalue weighted by Gasteiger charge is 2.19. The van der Waals surface area contributed by atoms with E-state index in [-0.39, 0.29) is 17.7 Å². The van der Waals surface area contributed by atoms with Crippen LogP contribution in [0.2, 0.25) is 0 Å². The van der Waals surface area contributed by atoms with Crippen LogP contribution in [0.5, 0.6) is 0 Å². The molecule has 2 N–H and O–H groups in total. The minimum Gasteiger partial charge on any atom is -0.323 e. The van der Waals surface area contributed by atoms with E-state index < -0.39 is 12.2 Å². The van der Waals surface area contributed by atoms with E-state index in [0.717, 1.165) is 0 Å². The van der Waals surface area contributed by atoms with Gasteiger partial charge in [0.05, 0.1) is 11.7 Å². The predicted octanol–water partition coefficient (Wildman–Crippen LogP) is 0.906. The Bertz CT molecular complexity index is 658. The molecule has 0 spiro atoms. The number of pyridine rings is 1. The van der Waals surface area contributed by atoms with Gasteiger partial charge in [-0.25, -0.2) is 14.3 Å². The van der Waals surface area contributed by atoms with E-state index in [1.54, 1.807) is 6.92 Å². The molecule has 0 saturated heterocycles. The average molecular weight is 255 g/mol. The van der Waals surface area contributed by atoms with Gasteiger partial charge in [0.25, 0.3) is 0 Å². The smallest absolute Gasteiger partial charge is 0.323 e. The van der Waals surface area contributed by atoms with Gasteiger partial charge in [-0.05, 0) is 13.0 Å². The van der Waals surface area contributed by atoms with Crippen molar-refractivity contribution in [1.82, 2.24) is 14.1 Å². The third-order valence-electron chi connectivity index (χ3n) is 2.56. The molecule has 0 bridgehead atoms. The molecular formula is C10H11F2N5O. The Balaban J connectivity index is 2.83. The summed E-state index contributed by atoms with van der Waals surface area (Å²) >= 11 is 0. The number of alkyl halides is 2. The lowest BCUT2D eigenvalue weighted by Crippen LogP contribution is -2.24. The number of hydrazone groups is 1. The molecule has 0 fully saturated rings. The van der Waals surface area contributed by atoms with Crippen molar-refractivity contribution in [3.8, 4) is 0 Å². The van der Waals surface area contributed by atoms with Crippen LogP contribution < -0.4 is 11.5 Å². The van der Waals surface area contributed by atoms with Gasteiger partial charge in [-0.3, -0.25) is 4.57 Å². The summed E-state index contributed by atoms with van der Waals surface area (Å²) in [5.74, 6) is 4.98. The van der Waals surface area contributed by atoms with Crippen LogP contribution in [0, 0.1) is 0 Å². The molecule has 2 rings (SSSR count). The SMILES string of the molecule is CCn1c(=O)n(C(F)F)c2cc(C=NN)cnc21. The zero-order valence-electron chi connectivity index (χ0n) is 9.55. The molecule has 0 amide bonds. The highest BCUT2D eigenvalue weighted by molar-refractivity contribution is 5.85. The van der Waals surface area contributed by atoms with Crippen LogP contribution >= 0.6 is 0 Å². The first-order valence-corrected chi connectivity index (χ1v) is 5.22. The quantitative estimate of drug-likeness (QED) is 0.503. The highest BCUT2D eigenvalue weighted by atomic mass is 19.3. The fourth-order valence-corrected chi connectivity index (χ4v) is 1.80. The van der Waals surface area contributed by atoms with Gasteiger partial charge in [-0.2, -0.15) is 13.9 Å². The van der Waals surface area contributed by atoms with Crippen molar-refractivity contribution in [3.63, 3.8) is 0 Å². The summed E-state index contributed by atoms with van der Waals surface area (Å²) in [5.41, 5.74) is -0.0456. The molecule has 2 heterocycles. The topological polar surface area (TPSA) is 78.2 Å². The number of hydrogen-bond acceptors (Lipinski definition) is 4. The molecule has 8 heteroatoms. The minimum absolute atomic E-state index is 0.0641. The van der Waals surface area contributed by atoms with Crippen molar-refractivity contribution < 1.29 is 8.78 Å². The maximum absolute atomic E-state index is 12.9. The monoisotopic (exact) mass is 255 g/mol. The van der Waals surface area contributed by atoms with Crippen LogP contribution in [0.15, 0.2) is 22.2 Å². The lowest BCUT2D eigenvalue weighted by atomic mass is 10.3. The zero-order chi connectivity index (χ0) is 13.3. The van der Waals surface area contributed by atoms with Crippen molar-refractivity contribution in [2.24, 2.45) is 10.9 Å². The summed E-state index contributed by atoms with van der Waals surface area (Å²) < 4.78 is 27.4. The molecule has 0 aliphatic rings. The summed E-state index contributed by atoms with van der Waals surface area (Å²) in [6, 6.07) is 1.40. The molecule has 96 valence electrons. The van der Waals surface area contributed by atoms with Gasteiger partial charge in [0.15, 0.2) is 5.65 Å². The molecule has 0 aliphatic heterocycles. The molecule has 2 aromatic rings. The molecule has 0 aromatic carbocycles. The average Bonchev–Trinajstić information content (AvgIpc) is 2.60. The Morgan fingerprint density at radius 3 is 2.89 bits per heavy atom. The first-order valence-electron chi connectivity index (χ1n) is 5.22. The summed E-state index contributed by atoms with van der Waals surface area (Å²) in [4.78, 5) is 15.8. The molecule has 6 nitrogen and oxygen atoms in total. The number of rotatable bonds is 3. The number of aromatic nitrogens is 3. The summed E-state index contributed by atoms with van der Waals surface area (Å²) in [5, 5.41) is 3.29. The lowest BCUT2D eigenvalue weighted by molar-refractivity contribution is 0.0703. The Labute approximate surface area is 100 Å². The molecule has 0 aliphatic carbocycles. The fraction of sp³-hybridized carbons (Fsp3) is 0.300. The lowest BCUT2D eigenvalue weighted by Gasteiger charge is -2.00. The number of nitrogens with zero attached hydrogens (tertiary/aromatic N) is 4. The summed E-state index contributed by atoms with van der Waals surface area (Å²) in [7, 11) is 0. The first-order chi connectivity index (χ1) is 8.60. The molecule has 0 saturated carbocycles. The van der Waals surface area contributed by atoms with Gasteiger partial charge in [-0.15, -0.1) is 0 Å². The second-order valence-electron chi connectivity index (χ2n) is 3.56. The third kappa shape index (κ3) is 1.75. The van der Waals surface area contributed by atoms with Gasteiger partial charge in [0.2, 0.25) is 0 Å². The number of nitrogens with two attached hydrogens (primary N) is 1. The van der Waals surface area contributed by atoms with Crippen molar-refractivity contribution in [1.29, 1.82) is 0 Å². The highest BCUT2D eigenvalue weighted by Crippen LogP contribution is 2.18. The summed E-state index contributed by atoms with van der Waals surface area (Å²) in [6.45, 7) is -0.959. The van der Waals surface area contributed by atoms with Crippen molar-refractivity contribution in [2.45, 2.75) is 20.0 Å². The number of halogens is 2. The van der Waals surface area contributed by atoms with Crippen LogP contribution in [-0.4, -0.2) is 20.3 Å². The predicted molar refractivity (Wildman–Crippen MR) is 62.7 cm³/mol. The van der Waals surface area contributed by atoms with E-state index in [4.69, 9.17) is 5.84 Å². The van der Waals surface area contributed by atoms with Crippen LogP contribution in [-0.2, 0) is 6.54 Å². The maximum atomic E-state index is 12.9. The molecular weight excluding hydrogens is 244 g/mol. The Hall–Kier alpha value is -2.25. The molecule has 0 atom stereocenters. The number of imidazole rings is 1. The van der Waals surface area contributed by atoms with Crippen molar-refractivity contribution >= 4 is 17.4 Å². The zero-order valence-corrected chi connectivity index (χ0v) is 9.55. The van der Waals surface area contributed by atoms with Crippen LogP contribution in [0.1, 0.15) is 19.0 Å². The fourth-order valence-electron chi connectivity index (χ4n) is 1.80. The van der Waals surface area contributed by atoms with Crippen LogP contribution in [0.3, 0.4) is 0 Å². The Morgan fingerprint density at radius 2 is 2.33 bits per heavy atom. The maximum Gasteiger partial charge on any atom is 0.334 e. The van der Waals surface area contributed by atoms with Gasteiger partial charge < -0.3 is 5.84 Å². The second kappa shape index (κ2) is 4.55. The molecule has 0 radical (unpaired) electrons. The summed E-state index contributed by atoms with van der Waals surface area (Å²) in [6.07, 6.45) is 2.69.